The number of ether oxygens (including phenoxy) is 2. The van der Waals surface area contributed by atoms with Crippen LogP contribution >= 0.6 is 0 Å². The van der Waals surface area contributed by atoms with Crippen molar-refractivity contribution >= 4 is 11.8 Å². The average molecular weight is 202 g/mol. The fourth-order valence-corrected chi connectivity index (χ4v) is 1.21. The van der Waals surface area contributed by atoms with Gasteiger partial charge in [-0.1, -0.05) is 13.8 Å². The molecule has 0 N–H and O–H groups in total. The molecule has 2 unspecified atom stereocenters. The van der Waals surface area contributed by atoms with E-state index in [9.17, 15) is 9.59 Å². The number of carbonyl (C=O) groups is 2. The van der Waals surface area contributed by atoms with Crippen molar-refractivity contribution in [1.29, 1.82) is 0 Å². The molecule has 2 atom stereocenters. The molecule has 0 amide bonds. The first-order valence-electron chi connectivity index (χ1n) is 4.60. The Hall–Kier alpha value is -0.900. The topological polar surface area (TPSA) is 52.6 Å². The Kier molecular flexibility index (Phi) is 5.38. The molecule has 0 radical (unpaired) electrons. The van der Waals surface area contributed by atoms with E-state index in [0.717, 1.165) is 0 Å². The number of carbonyl (C=O) groups excluding carboxylic acids is 2. The van der Waals surface area contributed by atoms with Gasteiger partial charge in [-0.25, -0.2) is 0 Å². The maximum absolute atomic E-state index is 11.7. The number of ketones is 1. The van der Waals surface area contributed by atoms with E-state index in [2.05, 4.69) is 4.74 Å². The van der Waals surface area contributed by atoms with Crippen LogP contribution in [-0.2, 0) is 19.1 Å². The lowest BCUT2D eigenvalue weighted by molar-refractivity contribution is -0.154. The smallest absolute Gasteiger partial charge is 0.316 e. The van der Waals surface area contributed by atoms with E-state index in [-0.39, 0.29) is 11.7 Å². The van der Waals surface area contributed by atoms with Gasteiger partial charge in [-0.3, -0.25) is 9.59 Å². The van der Waals surface area contributed by atoms with Crippen LogP contribution in [0.15, 0.2) is 0 Å². The van der Waals surface area contributed by atoms with Crippen LogP contribution in [0, 0.1) is 11.8 Å². The summed E-state index contributed by atoms with van der Waals surface area (Å²) in [6.07, 6.45) is -0.568. The zero-order chi connectivity index (χ0) is 11.3. The predicted molar refractivity (Wildman–Crippen MR) is 51.8 cm³/mol. The normalized spacial score (nSPS) is 15.0. The third-order valence-electron chi connectivity index (χ3n) is 2.18. The number of rotatable bonds is 5. The van der Waals surface area contributed by atoms with Gasteiger partial charge in [0.25, 0.3) is 0 Å². The number of methoxy groups -OCH3 is 2. The van der Waals surface area contributed by atoms with Crippen LogP contribution in [0.4, 0.5) is 0 Å². The van der Waals surface area contributed by atoms with Crippen molar-refractivity contribution in [3.63, 3.8) is 0 Å². The Labute approximate surface area is 84.6 Å². The van der Waals surface area contributed by atoms with E-state index in [1.54, 1.807) is 6.92 Å². The van der Waals surface area contributed by atoms with Crippen molar-refractivity contribution in [2.45, 2.75) is 26.9 Å². The number of hydrogen-bond donors (Lipinski definition) is 0. The zero-order valence-electron chi connectivity index (χ0n) is 9.37. The average Bonchev–Trinajstić information content (AvgIpc) is 2.15. The van der Waals surface area contributed by atoms with Gasteiger partial charge in [-0.15, -0.1) is 0 Å². The summed E-state index contributed by atoms with van der Waals surface area (Å²) in [6.45, 7) is 5.24. The molecule has 82 valence electrons. The van der Waals surface area contributed by atoms with Gasteiger partial charge in [0.1, 0.15) is 12.0 Å². The Bertz CT molecular complexity index is 210. The highest BCUT2D eigenvalue weighted by atomic mass is 16.5. The van der Waals surface area contributed by atoms with Gasteiger partial charge in [0.05, 0.1) is 7.11 Å². The monoisotopic (exact) mass is 202 g/mol. The summed E-state index contributed by atoms with van der Waals surface area (Å²) >= 11 is 0. The van der Waals surface area contributed by atoms with E-state index in [4.69, 9.17) is 4.74 Å². The lowest BCUT2D eigenvalue weighted by Crippen LogP contribution is -2.36. The Morgan fingerprint density at radius 3 is 1.86 bits per heavy atom. The van der Waals surface area contributed by atoms with Crippen molar-refractivity contribution < 1.29 is 19.1 Å². The van der Waals surface area contributed by atoms with Crippen LogP contribution in [0.1, 0.15) is 20.8 Å². The van der Waals surface area contributed by atoms with Gasteiger partial charge in [0, 0.05) is 7.11 Å². The second kappa shape index (κ2) is 5.75. The summed E-state index contributed by atoms with van der Waals surface area (Å²) in [6, 6.07) is 0. The molecule has 4 heteroatoms. The quantitative estimate of drug-likeness (QED) is 0.493. The second-order valence-corrected chi connectivity index (χ2v) is 3.53. The van der Waals surface area contributed by atoms with Gasteiger partial charge >= 0.3 is 5.97 Å². The summed E-state index contributed by atoms with van der Waals surface area (Å²) in [5.41, 5.74) is 0. The molecule has 0 aromatic heterocycles. The molecule has 0 aromatic rings. The predicted octanol–water partition coefficient (Wildman–Crippen LogP) is 1.04. The van der Waals surface area contributed by atoms with Crippen molar-refractivity contribution in [1.82, 2.24) is 0 Å². The maximum atomic E-state index is 11.7. The third-order valence-corrected chi connectivity index (χ3v) is 2.18. The van der Waals surface area contributed by atoms with Crippen molar-refractivity contribution in [3.8, 4) is 0 Å². The molecular formula is C10H18O4. The second-order valence-electron chi connectivity index (χ2n) is 3.53. The van der Waals surface area contributed by atoms with E-state index < -0.39 is 18.0 Å². The highest BCUT2D eigenvalue weighted by Gasteiger charge is 2.33. The first kappa shape index (κ1) is 13.1. The van der Waals surface area contributed by atoms with Crippen molar-refractivity contribution in [2.24, 2.45) is 11.8 Å². The molecule has 0 spiro atoms. The minimum Gasteiger partial charge on any atom is -0.468 e. The van der Waals surface area contributed by atoms with E-state index in [0.29, 0.717) is 0 Å². The Morgan fingerprint density at radius 2 is 1.57 bits per heavy atom. The lowest BCUT2D eigenvalue weighted by Gasteiger charge is -2.19. The molecule has 0 fully saturated rings. The SMILES string of the molecule is COC(=O)C(C(=O)C(C)OC)C(C)C. The van der Waals surface area contributed by atoms with Crippen molar-refractivity contribution in [3.05, 3.63) is 0 Å². The van der Waals surface area contributed by atoms with E-state index >= 15 is 0 Å². The summed E-state index contributed by atoms with van der Waals surface area (Å²) in [4.78, 5) is 23.0. The zero-order valence-corrected chi connectivity index (χ0v) is 9.37. The molecule has 0 aliphatic carbocycles. The maximum Gasteiger partial charge on any atom is 0.316 e. The van der Waals surface area contributed by atoms with Gasteiger partial charge in [0.15, 0.2) is 5.78 Å². The largest absolute Gasteiger partial charge is 0.468 e. The lowest BCUT2D eigenvalue weighted by atomic mass is 9.89. The molecule has 0 aliphatic rings. The molecule has 0 rings (SSSR count). The number of Topliss-reactive ketones (excluding diaryl/α,β-unsaturated/α-hetero) is 1. The van der Waals surface area contributed by atoms with Crippen LogP contribution < -0.4 is 0 Å². The van der Waals surface area contributed by atoms with Crippen LogP contribution in [0.2, 0.25) is 0 Å². The van der Waals surface area contributed by atoms with Crippen molar-refractivity contribution in [2.75, 3.05) is 14.2 Å². The number of hydrogen-bond acceptors (Lipinski definition) is 4. The van der Waals surface area contributed by atoms with Crippen LogP contribution in [0.25, 0.3) is 0 Å². The molecule has 0 saturated carbocycles. The molecule has 0 aromatic carbocycles. The molecule has 14 heavy (non-hydrogen) atoms. The summed E-state index contributed by atoms with van der Waals surface area (Å²) < 4.78 is 9.45. The van der Waals surface area contributed by atoms with E-state index in [1.807, 2.05) is 13.8 Å². The van der Waals surface area contributed by atoms with Crippen LogP contribution in [0.5, 0.6) is 0 Å². The molecule has 0 aliphatic heterocycles. The van der Waals surface area contributed by atoms with Gasteiger partial charge in [-0.05, 0) is 12.8 Å². The minimum absolute atomic E-state index is 0.0763. The van der Waals surface area contributed by atoms with Gasteiger partial charge < -0.3 is 9.47 Å². The number of esters is 1. The third kappa shape index (κ3) is 3.10. The Balaban J connectivity index is 4.66. The summed E-state index contributed by atoms with van der Waals surface area (Å²) in [7, 11) is 2.72. The molecular weight excluding hydrogens is 184 g/mol. The highest BCUT2D eigenvalue weighted by molar-refractivity contribution is 6.01. The highest BCUT2D eigenvalue weighted by Crippen LogP contribution is 2.16. The minimum atomic E-state index is -0.727. The summed E-state index contributed by atoms with van der Waals surface area (Å²) in [5.74, 6) is -1.52. The van der Waals surface area contributed by atoms with Crippen LogP contribution in [0.3, 0.4) is 0 Å². The van der Waals surface area contributed by atoms with E-state index in [1.165, 1.54) is 14.2 Å². The van der Waals surface area contributed by atoms with Crippen LogP contribution in [-0.4, -0.2) is 32.1 Å². The molecule has 0 heterocycles. The first-order chi connectivity index (χ1) is 6.45. The standard InChI is InChI=1S/C10H18O4/c1-6(2)8(10(12)14-5)9(11)7(3)13-4/h6-8H,1-5H3. The molecule has 0 saturated heterocycles. The fourth-order valence-electron chi connectivity index (χ4n) is 1.21. The molecule has 4 nitrogen and oxygen atoms in total. The first-order valence-corrected chi connectivity index (χ1v) is 4.60. The summed E-state index contributed by atoms with van der Waals surface area (Å²) in [5, 5.41) is 0. The van der Waals surface area contributed by atoms with Gasteiger partial charge in [-0.2, -0.15) is 0 Å². The fraction of sp³-hybridized carbons (Fsp3) is 0.800. The van der Waals surface area contributed by atoms with Gasteiger partial charge in [0.2, 0.25) is 0 Å². The molecule has 0 bridgehead atoms. The Morgan fingerprint density at radius 1 is 1.07 bits per heavy atom.